The van der Waals surface area contributed by atoms with Gasteiger partial charge in [0.2, 0.25) is 0 Å². The summed E-state index contributed by atoms with van der Waals surface area (Å²) in [6.07, 6.45) is 1.34. The molecule has 1 amide bonds. The van der Waals surface area contributed by atoms with E-state index in [1.165, 1.54) is 0 Å². The van der Waals surface area contributed by atoms with Gasteiger partial charge < -0.3 is 15.2 Å². The third-order valence-electron chi connectivity index (χ3n) is 3.43. The van der Waals surface area contributed by atoms with Gasteiger partial charge in [0, 0.05) is 32.6 Å². The van der Waals surface area contributed by atoms with Crippen molar-refractivity contribution in [3.63, 3.8) is 0 Å². The molecule has 0 bridgehead atoms. The minimum Gasteiger partial charge on any atom is -0.348 e. The van der Waals surface area contributed by atoms with Crippen molar-refractivity contribution in [2.24, 2.45) is 0 Å². The van der Waals surface area contributed by atoms with Gasteiger partial charge in [0.25, 0.3) is 5.91 Å². The number of carbonyl (C=O) groups excluding carboxylic acids is 2. The molecule has 0 saturated carbocycles. The highest BCUT2D eigenvalue weighted by atomic mass is 16.2. The zero-order valence-corrected chi connectivity index (χ0v) is 9.58. The molecular weight excluding hydrogens is 218 g/mol. The summed E-state index contributed by atoms with van der Waals surface area (Å²) in [6, 6.07) is 1.84. The number of hydrogen-bond donors (Lipinski definition) is 2. The van der Waals surface area contributed by atoms with Crippen molar-refractivity contribution >= 4 is 11.7 Å². The van der Waals surface area contributed by atoms with Crippen LogP contribution >= 0.6 is 0 Å². The van der Waals surface area contributed by atoms with E-state index in [-0.39, 0.29) is 11.7 Å². The third kappa shape index (κ3) is 1.76. The molecule has 17 heavy (non-hydrogen) atoms. The molecule has 0 unspecified atom stereocenters. The van der Waals surface area contributed by atoms with Crippen LogP contribution < -0.4 is 5.32 Å². The molecule has 2 heterocycles. The van der Waals surface area contributed by atoms with E-state index in [0.29, 0.717) is 17.8 Å². The molecular formula is C12H15N3O2. The van der Waals surface area contributed by atoms with Gasteiger partial charge in [-0.25, -0.2) is 0 Å². The lowest BCUT2D eigenvalue weighted by Crippen LogP contribution is -2.46. The standard InChI is InChI=1S/C12H15N3O2/c16-10-2-1-8-7-9(14-11(8)10)12(17)15-5-3-13-4-6-15/h7,13-14H,1-6H2. The van der Waals surface area contributed by atoms with Crippen LogP contribution in [0.15, 0.2) is 6.07 Å². The van der Waals surface area contributed by atoms with E-state index < -0.39 is 0 Å². The maximum atomic E-state index is 12.2. The predicted molar refractivity (Wildman–Crippen MR) is 62.2 cm³/mol. The first-order valence-corrected chi connectivity index (χ1v) is 6.01. The van der Waals surface area contributed by atoms with Crippen LogP contribution in [0, 0.1) is 0 Å². The maximum Gasteiger partial charge on any atom is 0.270 e. The Kier molecular flexibility index (Phi) is 2.48. The van der Waals surface area contributed by atoms with Gasteiger partial charge in [-0.05, 0) is 18.1 Å². The van der Waals surface area contributed by atoms with Crippen LogP contribution in [0.2, 0.25) is 0 Å². The first kappa shape index (κ1) is 10.5. The van der Waals surface area contributed by atoms with Gasteiger partial charge in [0.15, 0.2) is 5.78 Å². The van der Waals surface area contributed by atoms with Gasteiger partial charge in [-0.3, -0.25) is 9.59 Å². The molecule has 0 radical (unpaired) electrons. The monoisotopic (exact) mass is 233 g/mol. The van der Waals surface area contributed by atoms with Crippen molar-refractivity contribution in [2.75, 3.05) is 26.2 Å². The van der Waals surface area contributed by atoms with Crippen molar-refractivity contribution in [3.05, 3.63) is 23.0 Å². The molecule has 0 atom stereocenters. The highest BCUT2D eigenvalue weighted by Crippen LogP contribution is 2.23. The number of H-pyrrole nitrogens is 1. The molecule has 5 nitrogen and oxygen atoms in total. The SMILES string of the molecule is O=C1CCc2cc(C(=O)N3CCNCC3)[nH]c21. The number of amides is 1. The number of aromatic nitrogens is 1. The number of aromatic amines is 1. The Morgan fingerprint density at radius 1 is 1.24 bits per heavy atom. The summed E-state index contributed by atoms with van der Waals surface area (Å²) in [5, 5.41) is 3.21. The molecule has 2 aliphatic rings. The zero-order chi connectivity index (χ0) is 11.8. The molecule has 90 valence electrons. The number of piperazine rings is 1. The van der Waals surface area contributed by atoms with E-state index in [1.807, 2.05) is 11.0 Å². The van der Waals surface area contributed by atoms with E-state index in [2.05, 4.69) is 10.3 Å². The van der Waals surface area contributed by atoms with Gasteiger partial charge >= 0.3 is 0 Å². The smallest absolute Gasteiger partial charge is 0.270 e. The Morgan fingerprint density at radius 3 is 2.71 bits per heavy atom. The van der Waals surface area contributed by atoms with Crippen molar-refractivity contribution in [1.82, 2.24) is 15.2 Å². The lowest BCUT2D eigenvalue weighted by molar-refractivity contribution is 0.0730. The Balaban J connectivity index is 1.82. The largest absolute Gasteiger partial charge is 0.348 e. The topological polar surface area (TPSA) is 65.2 Å². The fourth-order valence-corrected chi connectivity index (χ4v) is 2.47. The number of fused-ring (bicyclic) bond motifs is 1. The van der Waals surface area contributed by atoms with E-state index in [1.54, 1.807) is 0 Å². The average Bonchev–Trinajstić information content (AvgIpc) is 2.92. The summed E-state index contributed by atoms with van der Waals surface area (Å²) < 4.78 is 0. The number of Topliss-reactive ketones (excluding diaryl/α,β-unsaturated/α-hetero) is 1. The number of rotatable bonds is 1. The van der Waals surface area contributed by atoms with E-state index >= 15 is 0 Å². The highest BCUT2D eigenvalue weighted by molar-refractivity contribution is 6.02. The summed E-state index contributed by atoms with van der Waals surface area (Å²) in [6.45, 7) is 3.14. The van der Waals surface area contributed by atoms with Gasteiger partial charge in [-0.2, -0.15) is 0 Å². The second-order valence-electron chi connectivity index (χ2n) is 4.55. The molecule has 1 aromatic rings. The predicted octanol–water partition coefficient (Wildman–Crippen LogP) is 0.189. The Labute approximate surface area is 99.2 Å². The van der Waals surface area contributed by atoms with E-state index in [4.69, 9.17) is 0 Å². The maximum absolute atomic E-state index is 12.2. The van der Waals surface area contributed by atoms with Gasteiger partial charge in [-0.1, -0.05) is 0 Å². The summed E-state index contributed by atoms with van der Waals surface area (Å²) in [4.78, 5) is 28.5. The molecule has 1 aliphatic heterocycles. The molecule has 5 heteroatoms. The fourth-order valence-electron chi connectivity index (χ4n) is 2.47. The normalized spacial score (nSPS) is 19.5. The van der Waals surface area contributed by atoms with Crippen LogP contribution in [0.25, 0.3) is 0 Å². The molecule has 1 fully saturated rings. The molecule has 2 N–H and O–H groups in total. The van der Waals surface area contributed by atoms with Crippen LogP contribution in [-0.4, -0.2) is 47.8 Å². The van der Waals surface area contributed by atoms with Crippen molar-refractivity contribution in [1.29, 1.82) is 0 Å². The van der Waals surface area contributed by atoms with Gasteiger partial charge in [0.05, 0.1) is 5.69 Å². The number of carbonyl (C=O) groups is 2. The minimum atomic E-state index is 0.00806. The van der Waals surface area contributed by atoms with Crippen LogP contribution in [0.1, 0.15) is 33.0 Å². The van der Waals surface area contributed by atoms with E-state index in [9.17, 15) is 9.59 Å². The van der Waals surface area contributed by atoms with Crippen LogP contribution in [0.3, 0.4) is 0 Å². The molecule has 0 aromatic carbocycles. The van der Waals surface area contributed by atoms with Crippen molar-refractivity contribution < 1.29 is 9.59 Å². The number of nitrogens with zero attached hydrogens (tertiary/aromatic N) is 1. The molecule has 1 saturated heterocycles. The Hall–Kier alpha value is -1.62. The lowest BCUT2D eigenvalue weighted by Gasteiger charge is -2.26. The minimum absolute atomic E-state index is 0.00806. The molecule has 1 aliphatic carbocycles. The molecule has 0 spiro atoms. The number of aryl methyl sites for hydroxylation is 1. The Morgan fingerprint density at radius 2 is 2.00 bits per heavy atom. The molecule has 3 rings (SSSR count). The second kappa shape index (κ2) is 4.00. The van der Waals surface area contributed by atoms with Crippen LogP contribution in [-0.2, 0) is 6.42 Å². The lowest BCUT2D eigenvalue weighted by atomic mass is 10.2. The summed E-state index contributed by atoms with van der Waals surface area (Å²) in [7, 11) is 0. The van der Waals surface area contributed by atoms with Gasteiger partial charge in [0.1, 0.15) is 5.69 Å². The van der Waals surface area contributed by atoms with Gasteiger partial charge in [-0.15, -0.1) is 0 Å². The first-order chi connectivity index (χ1) is 8.25. The second-order valence-corrected chi connectivity index (χ2v) is 4.55. The number of ketones is 1. The number of hydrogen-bond acceptors (Lipinski definition) is 3. The Bertz CT molecular complexity index is 472. The van der Waals surface area contributed by atoms with Crippen molar-refractivity contribution in [3.8, 4) is 0 Å². The fraction of sp³-hybridized carbons (Fsp3) is 0.500. The number of nitrogens with one attached hydrogen (secondary N) is 2. The third-order valence-corrected chi connectivity index (χ3v) is 3.43. The van der Waals surface area contributed by atoms with E-state index in [0.717, 1.165) is 38.2 Å². The zero-order valence-electron chi connectivity index (χ0n) is 9.58. The quantitative estimate of drug-likeness (QED) is 0.727. The van der Waals surface area contributed by atoms with Crippen LogP contribution in [0.5, 0.6) is 0 Å². The highest BCUT2D eigenvalue weighted by Gasteiger charge is 2.26. The summed E-state index contributed by atoms with van der Waals surface area (Å²) in [5.74, 6) is 0.132. The molecule has 1 aromatic heterocycles. The van der Waals surface area contributed by atoms with Crippen molar-refractivity contribution in [2.45, 2.75) is 12.8 Å². The average molecular weight is 233 g/mol. The first-order valence-electron chi connectivity index (χ1n) is 6.01. The summed E-state index contributed by atoms with van der Waals surface area (Å²) in [5.41, 5.74) is 2.20. The summed E-state index contributed by atoms with van der Waals surface area (Å²) >= 11 is 0. The van der Waals surface area contributed by atoms with Crippen LogP contribution in [0.4, 0.5) is 0 Å².